The molecule has 0 radical (unpaired) electrons. The van der Waals surface area contributed by atoms with E-state index in [1.54, 1.807) is 0 Å². The second-order valence-corrected chi connectivity index (χ2v) is 7.26. The Morgan fingerprint density at radius 2 is 1.90 bits per heavy atom. The summed E-state index contributed by atoms with van der Waals surface area (Å²) in [5.74, 6) is -3.28. The number of alkyl halides is 1. The average Bonchev–Trinajstić information content (AvgIpc) is 2.94. The summed E-state index contributed by atoms with van der Waals surface area (Å²) in [5.41, 5.74) is -0.319. The van der Waals surface area contributed by atoms with Crippen molar-refractivity contribution in [1.29, 1.82) is 0 Å². The minimum absolute atomic E-state index is 0.0346. The number of aromatic hydroxyl groups is 1. The predicted octanol–water partition coefficient (Wildman–Crippen LogP) is 2.86. The van der Waals surface area contributed by atoms with Crippen LogP contribution in [0.5, 0.6) is 11.5 Å². The van der Waals surface area contributed by atoms with Gasteiger partial charge >= 0.3 is 5.69 Å². The molecule has 0 aliphatic carbocycles. The molecule has 1 heterocycles. The molecular weight excluding hydrogens is 415 g/mol. The molecule has 0 fully saturated rings. The van der Waals surface area contributed by atoms with Gasteiger partial charge in [0.15, 0.2) is 17.3 Å². The lowest BCUT2D eigenvalue weighted by atomic mass is 10.0. The first kappa shape index (κ1) is 22.3. The van der Waals surface area contributed by atoms with Gasteiger partial charge in [0.1, 0.15) is 18.5 Å². The zero-order valence-corrected chi connectivity index (χ0v) is 17.4. The maximum Gasteiger partial charge on any atom is 0.329 e. The molecule has 166 valence electrons. The quantitative estimate of drug-likeness (QED) is 0.621. The molecule has 31 heavy (non-hydrogen) atoms. The van der Waals surface area contributed by atoms with Crippen LogP contribution in [0.15, 0.2) is 29.1 Å². The van der Waals surface area contributed by atoms with Gasteiger partial charge < -0.3 is 15.2 Å². The van der Waals surface area contributed by atoms with E-state index in [-0.39, 0.29) is 27.9 Å². The first-order valence-corrected chi connectivity index (χ1v) is 9.44. The molecular formula is C21H22F3N3O4. The molecule has 0 aliphatic heterocycles. The minimum Gasteiger partial charge on any atom is -0.502 e. The van der Waals surface area contributed by atoms with Crippen molar-refractivity contribution in [3.63, 3.8) is 0 Å². The lowest BCUT2D eigenvalue weighted by Crippen LogP contribution is -2.41. The van der Waals surface area contributed by atoms with Crippen LogP contribution in [-0.4, -0.2) is 39.5 Å². The number of carbonyl (C=O) groups excluding carboxylic acids is 1. The predicted molar refractivity (Wildman–Crippen MR) is 109 cm³/mol. The molecule has 2 aromatic carbocycles. The lowest BCUT2D eigenvalue weighted by Gasteiger charge is -2.15. The zero-order chi connectivity index (χ0) is 23.0. The largest absolute Gasteiger partial charge is 0.502 e. The molecule has 0 aliphatic rings. The molecule has 0 spiro atoms. The first-order chi connectivity index (χ1) is 14.6. The van der Waals surface area contributed by atoms with E-state index in [2.05, 4.69) is 5.32 Å². The maximum atomic E-state index is 14.8. The van der Waals surface area contributed by atoms with Crippen molar-refractivity contribution in [2.75, 3.05) is 7.11 Å². The van der Waals surface area contributed by atoms with Gasteiger partial charge in [-0.2, -0.15) is 0 Å². The van der Waals surface area contributed by atoms with Gasteiger partial charge in [-0.25, -0.2) is 18.0 Å². The Kier molecular flexibility index (Phi) is 6.01. The highest BCUT2D eigenvalue weighted by molar-refractivity contribution is 5.94. The summed E-state index contributed by atoms with van der Waals surface area (Å²) in [7, 11) is 2.61. The number of aromatic nitrogens is 2. The van der Waals surface area contributed by atoms with E-state index in [0.29, 0.717) is 0 Å². The second kappa shape index (κ2) is 8.37. The standard InChI is InChI=1S/C21H22F3N3O4/c1-10(22)11(2)25-17(28)9-27-15-6-5-13(23)18(19(15)26(3)21(27)30)12-7-14(24)20(29)16(8-12)31-4/h5-8,10-11,29H,9H2,1-4H3,(H,25,28)/t10-,11?/m1/s1. The number of rotatable bonds is 6. The van der Waals surface area contributed by atoms with Crippen LogP contribution in [0.2, 0.25) is 0 Å². The Hall–Kier alpha value is -3.43. The Morgan fingerprint density at radius 3 is 2.52 bits per heavy atom. The normalized spacial score (nSPS) is 13.3. The molecule has 2 N–H and O–H groups in total. The van der Waals surface area contributed by atoms with Crippen LogP contribution in [0.4, 0.5) is 13.2 Å². The van der Waals surface area contributed by atoms with E-state index in [1.165, 1.54) is 40.1 Å². The summed E-state index contributed by atoms with van der Waals surface area (Å²) < 4.78 is 49.6. The maximum absolute atomic E-state index is 14.8. The van der Waals surface area contributed by atoms with Gasteiger partial charge in [-0.1, -0.05) is 0 Å². The number of phenols is 1. The fourth-order valence-corrected chi connectivity index (χ4v) is 3.35. The van der Waals surface area contributed by atoms with Crippen LogP contribution in [0, 0.1) is 11.6 Å². The van der Waals surface area contributed by atoms with Gasteiger partial charge in [-0.3, -0.25) is 13.9 Å². The Balaban J connectivity index is 2.18. The number of benzene rings is 2. The van der Waals surface area contributed by atoms with Crippen molar-refractivity contribution in [3.8, 4) is 22.6 Å². The van der Waals surface area contributed by atoms with Gasteiger partial charge in [0.2, 0.25) is 5.91 Å². The number of amides is 1. The number of methoxy groups -OCH3 is 1. The van der Waals surface area contributed by atoms with Crippen LogP contribution < -0.4 is 15.7 Å². The number of fused-ring (bicyclic) bond motifs is 1. The Bertz CT molecular complexity index is 1220. The van der Waals surface area contributed by atoms with Crippen molar-refractivity contribution < 1.29 is 27.8 Å². The number of nitrogens with zero attached hydrogens (tertiary/aromatic N) is 2. The molecule has 3 aromatic rings. The smallest absolute Gasteiger partial charge is 0.329 e. The molecule has 3 rings (SSSR count). The van der Waals surface area contributed by atoms with Gasteiger partial charge in [-0.15, -0.1) is 0 Å². The molecule has 2 atom stereocenters. The SMILES string of the molecule is COc1cc(-c2c(F)ccc3c2n(C)c(=O)n3CC(=O)NC(C)[C@@H](C)F)cc(F)c1O. The fourth-order valence-electron chi connectivity index (χ4n) is 3.35. The van der Waals surface area contributed by atoms with Gasteiger partial charge in [0.25, 0.3) is 0 Å². The Labute approximate surface area is 175 Å². The van der Waals surface area contributed by atoms with Crippen LogP contribution in [-0.2, 0) is 18.4 Å². The molecule has 10 heteroatoms. The lowest BCUT2D eigenvalue weighted by molar-refractivity contribution is -0.122. The summed E-state index contributed by atoms with van der Waals surface area (Å²) in [6.07, 6.45) is -1.28. The number of halogens is 3. The highest BCUT2D eigenvalue weighted by Gasteiger charge is 2.23. The third kappa shape index (κ3) is 3.97. The van der Waals surface area contributed by atoms with Crippen molar-refractivity contribution >= 4 is 16.9 Å². The third-order valence-corrected chi connectivity index (χ3v) is 5.17. The van der Waals surface area contributed by atoms with E-state index in [1.807, 2.05) is 0 Å². The van der Waals surface area contributed by atoms with Crippen LogP contribution in [0.1, 0.15) is 13.8 Å². The van der Waals surface area contributed by atoms with Crippen molar-refractivity contribution in [2.45, 2.75) is 32.6 Å². The Morgan fingerprint density at radius 1 is 1.23 bits per heavy atom. The number of hydrogen-bond acceptors (Lipinski definition) is 4. The molecule has 7 nitrogen and oxygen atoms in total. The number of phenolic OH excluding ortho intramolecular Hbond substituents is 1. The number of hydrogen-bond donors (Lipinski definition) is 2. The fraction of sp³-hybridized carbons (Fsp3) is 0.333. The van der Waals surface area contributed by atoms with Crippen LogP contribution in [0.25, 0.3) is 22.2 Å². The van der Waals surface area contributed by atoms with Crippen molar-refractivity contribution in [1.82, 2.24) is 14.5 Å². The van der Waals surface area contributed by atoms with E-state index in [0.717, 1.165) is 21.3 Å². The van der Waals surface area contributed by atoms with Crippen LogP contribution in [0.3, 0.4) is 0 Å². The molecule has 0 saturated heterocycles. The van der Waals surface area contributed by atoms with E-state index >= 15 is 0 Å². The zero-order valence-electron chi connectivity index (χ0n) is 17.4. The molecule has 1 unspecified atom stereocenters. The summed E-state index contributed by atoms with van der Waals surface area (Å²) in [4.78, 5) is 25.1. The van der Waals surface area contributed by atoms with Gasteiger partial charge in [0.05, 0.1) is 24.2 Å². The average molecular weight is 437 g/mol. The number of imidazole rings is 1. The number of aryl methyl sites for hydroxylation is 1. The molecule has 1 amide bonds. The van der Waals surface area contributed by atoms with E-state index in [4.69, 9.17) is 4.74 Å². The monoisotopic (exact) mass is 437 g/mol. The van der Waals surface area contributed by atoms with E-state index < -0.39 is 47.7 Å². The molecule has 0 bridgehead atoms. The van der Waals surface area contributed by atoms with E-state index in [9.17, 15) is 27.9 Å². The topological polar surface area (TPSA) is 85.5 Å². The van der Waals surface area contributed by atoms with Gasteiger partial charge in [0, 0.05) is 12.6 Å². The second-order valence-electron chi connectivity index (χ2n) is 7.26. The highest BCUT2D eigenvalue weighted by Crippen LogP contribution is 2.38. The summed E-state index contributed by atoms with van der Waals surface area (Å²) in [6, 6.07) is 3.84. The van der Waals surface area contributed by atoms with Crippen molar-refractivity contribution in [2.24, 2.45) is 7.05 Å². The number of carbonyl (C=O) groups is 1. The van der Waals surface area contributed by atoms with Crippen LogP contribution >= 0.6 is 0 Å². The highest BCUT2D eigenvalue weighted by atomic mass is 19.1. The first-order valence-electron chi connectivity index (χ1n) is 9.44. The third-order valence-electron chi connectivity index (χ3n) is 5.17. The molecule has 1 aromatic heterocycles. The molecule has 0 saturated carbocycles. The van der Waals surface area contributed by atoms with Crippen molar-refractivity contribution in [3.05, 3.63) is 46.4 Å². The number of nitrogens with one attached hydrogen (secondary N) is 1. The van der Waals surface area contributed by atoms with Gasteiger partial charge in [-0.05, 0) is 43.7 Å². The summed E-state index contributed by atoms with van der Waals surface area (Å²) in [6.45, 7) is 2.38. The minimum atomic E-state index is -1.28. The summed E-state index contributed by atoms with van der Waals surface area (Å²) >= 11 is 0. The number of ether oxygens (including phenoxy) is 1. The summed E-state index contributed by atoms with van der Waals surface area (Å²) in [5, 5.41) is 12.2.